The molecule has 0 aromatic carbocycles. The summed E-state index contributed by atoms with van der Waals surface area (Å²) in [4.78, 5) is 2.58. The highest BCUT2D eigenvalue weighted by atomic mass is 16.5. The van der Waals surface area contributed by atoms with E-state index < -0.39 is 0 Å². The van der Waals surface area contributed by atoms with Crippen LogP contribution in [0.3, 0.4) is 0 Å². The standard InChI is InChI=1S/C18H38N2O/c1-6-20(13-14-21-5)16-18(15-19-17(2,3)4)11-9-7-8-10-12-18/h19H,6-16H2,1-5H3. The normalized spacial score (nSPS) is 19.7. The van der Waals surface area contributed by atoms with Gasteiger partial charge in [-0.1, -0.05) is 32.6 Å². The summed E-state index contributed by atoms with van der Waals surface area (Å²) in [5, 5.41) is 3.79. The molecule has 0 aromatic rings. The fraction of sp³-hybridized carbons (Fsp3) is 1.00. The molecule has 1 aliphatic rings. The van der Waals surface area contributed by atoms with E-state index in [1.54, 1.807) is 7.11 Å². The van der Waals surface area contributed by atoms with Gasteiger partial charge in [-0.3, -0.25) is 0 Å². The van der Waals surface area contributed by atoms with Crippen molar-refractivity contribution in [1.82, 2.24) is 10.2 Å². The van der Waals surface area contributed by atoms with Crippen molar-refractivity contribution in [3.8, 4) is 0 Å². The number of likely N-dealkylation sites (N-methyl/N-ethyl adjacent to an activating group) is 1. The van der Waals surface area contributed by atoms with Crippen molar-refractivity contribution in [2.75, 3.05) is 39.9 Å². The molecule has 0 heterocycles. The topological polar surface area (TPSA) is 24.5 Å². The third-order valence-electron chi connectivity index (χ3n) is 4.78. The van der Waals surface area contributed by atoms with Crippen LogP contribution in [0.2, 0.25) is 0 Å². The van der Waals surface area contributed by atoms with E-state index >= 15 is 0 Å². The summed E-state index contributed by atoms with van der Waals surface area (Å²) in [6.07, 6.45) is 8.38. The van der Waals surface area contributed by atoms with Crippen LogP contribution in [0.1, 0.15) is 66.2 Å². The number of nitrogens with zero attached hydrogens (tertiary/aromatic N) is 1. The predicted octanol–water partition coefficient (Wildman–Crippen LogP) is 3.68. The quantitative estimate of drug-likeness (QED) is 0.692. The highest BCUT2D eigenvalue weighted by molar-refractivity contribution is 4.89. The van der Waals surface area contributed by atoms with Gasteiger partial charge in [-0.25, -0.2) is 0 Å². The Hall–Kier alpha value is -0.120. The Morgan fingerprint density at radius 2 is 1.71 bits per heavy atom. The minimum atomic E-state index is 0.211. The summed E-state index contributed by atoms with van der Waals surface area (Å²) in [7, 11) is 1.80. The summed E-state index contributed by atoms with van der Waals surface area (Å²) < 4.78 is 5.28. The van der Waals surface area contributed by atoms with E-state index in [1.165, 1.54) is 45.1 Å². The Morgan fingerprint density at radius 3 is 2.19 bits per heavy atom. The summed E-state index contributed by atoms with van der Waals surface area (Å²) in [6, 6.07) is 0. The molecule has 0 aliphatic heterocycles. The van der Waals surface area contributed by atoms with Gasteiger partial charge < -0.3 is 15.0 Å². The predicted molar refractivity (Wildman–Crippen MR) is 91.9 cm³/mol. The number of methoxy groups -OCH3 is 1. The van der Waals surface area contributed by atoms with Gasteiger partial charge in [-0.2, -0.15) is 0 Å². The van der Waals surface area contributed by atoms with E-state index in [1.807, 2.05) is 0 Å². The van der Waals surface area contributed by atoms with Crippen LogP contribution in [0.25, 0.3) is 0 Å². The highest BCUT2D eigenvalue weighted by Gasteiger charge is 2.33. The molecular formula is C18H38N2O. The third-order valence-corrected chi connectivity index (χ3v) is 4.78. The van der Waals surface area contributed by atoms with Gasteiger partial charge in [0.15, 0.2) is 0 Å². The second-order valence-electron chi connectivity index (χ2n) is 7.88. The Bertz CT molecular complexity index is 265. The zero-order valence-electron chi connectivity index (χ0n) is 15.1. The number of hydrogen-bond donors (Lipinski definition) is 1. The van der Waals surface area contributed by atoms with E-state index in [9.17, 15) is 0 Å². The molecule has 1 N–H and O–H groups in total. The number of ether oxygens (including phenoxy) is 1. The van der Waals surface area contributed by atoms with Crippen LogP contribution in [0.15, 0.2) is 0 Å². The van der Waals surface area contributed by atoms with Crippen LogP contribution in [-0.4, -0.2) is 50.3 Å². The van der Waals surface area contributed by atoms with Crippen molar-refractivity contribution in [2.45, 2.75) is 71.8 Å². The molecule has 0 bridgehead atoms. The van der Waals surface area contributed by atoms with E-state index in [0.29, 0.717) is 5.41 Å². The van der Waals surface area contributed by atoms with Crippen LogP contribution in [-0.2, 0) is 4.74 Å². The van der Waals surface area contributed by atoms with E-state index in [-0.39, 0.29) is 5.54 Å². The maximum atomic E-state index is 5.28. The first kappa shape index (κ1) is 18.9. The zero-order chi connectivity index (χ0) is 15.8. The summed E-state index contributed by atoms with van der Waals surface area (Å²) in [6.45, 7) is 14.5. The molecule has 0 spiro atoms. The molecule has 0 aromatic heterocycles. The zero-order valence-corrected chi connectivity index (χ0v) is 15.1. The molecule has 0 atom stereocenters. The Morgan fingerprint density at radius 1 is 1.10 bits per heavy atom. The van der Waals surface area contributed by atoms with Crippen molar-refractivity contribution in [3.63, 3.8) is 0 Å². The summed E-state index contributed by atoms with van der Waals surface area (Å²) >= 11 is 0. The van der Waals surface area contributed by atoms with E-state index in [0.717, 1.165) is 26.2 Å². The average molecular weight is 299 g/mol. The van der Waals surface area contributed by atoms with Crippen molar-refractivity contribution < 1.29 is 4.74 Å². The van der Waals surface area contributed by atoms with Gasteiger partial charge in [0.2, 0.25) is 0 Å². The maximum Gasteiger partial charge on any atom is 0.0589 e. The maximum absolute atomic E-state index is 5.28. The summed E-state index contributed by atoms with van der Waals surface area (Å²) in [5.74, 6) is 0. The molecule has 1 aliphatic carbocycles. The molecule has 3 nitrogen and oxygen atoms in total. The Kier molecular flexibility index (Phi) is 8.22. The smallest absolute Gasteiger partial charge is 0.0589 e. The van der Waals surface area contributed by atoms with Crippen LogP contribution in [0, 0.1) is 5.41 Å². The molecule has 0 radical (unpaired) electrons. The lowest BCUT2D eigenvalue weighted by atomic mass is 9.79. The molecule has 0 saturated heterocycles. The second-order valence-corrected chi connectivity index (χ2v) is 7.88. The lowest BCUT2D eigenvalue weighted by Gasteiger charge is -2.40. The van der Waals surface area contributed by atoms with Gasteiger partial charge in [-0.15, -0.1) is 0 Å². The van der Waals surface area contributed by atoms with Crippen LogP contribution in [0.4, 0.5) is 0 Å². The fourth-order valence-electron chi connectivity index (χ4n) is 3.37. The molecule has 21 heavy (non-hydrogen) atoms. The highest BCUT2D eigenvalue weighted by Crippen LogP contribution is 2.35. The molecular weight excluding hydrogens is 260 g/mol. The van der Waals surface area contributed by atoms with Gasteiger partial charge in [0.05, 0.1) is 6.61 Å². The van der Waals surface area contributed by atoms with Gasteiger partial charge >= 0.3 is 0 Å². The average Bonchev–Trinajstić information content (AvgIpc) is 2.67. The van der Waals surface area contributed by atoms with Crippen molar-refractivity contribution in [1.29, 1.82) is 0 Å². The van der Waals surface area contributed by atoms with Crippen molar-refractivity contribution in [3.05, 3.63) is 0 Å². The van der Waals surface area contributed by atoms with Crippen molar-refractivity contribution >= 4 is 0 Å². The van der Waals surface area contributed by atoms with Crippen molar-refractivity contribution in [2.24, 2.45) is 5.41 Å². The first-order chi connectivity index (χ1) is 9.91. The van der Waals surface area contributed by atoms with Crippen LogP contribution < -0.4 is 5.32 Å². The second kappa shape index (κ2) is 9.12. The van der Waals surface area contributed by atoms with Gasteiger partial charge in [0.25, 0.3) is 0 Å². The lowest BCUT2D eigenvalue weighted by Crippen LogP contribution is -2.49. The Balaban J connectivity index is 2.69. The van der Waals surface area contributed by atoms with Gasteiger partial charge in [0.1, 0.15) is 0 Å². The monoisotopic (exact) mass is 298 g/mol. The minimum Gasteiger partial charge on any atom is -0.383 e. The molecule has 1 rings (SSSR count). The molecule has 0 unspecified atom stereocenters. The van der Waals surface area contributed by atoms with E-state index in [4.69, 9.17) is 4.74 Å². The van der Waals surface area contributed by atoms with E-state index in [2.05, 4.69) is 37.9 Å². The number of hydrogen-bond acceptors (Lipinski definition) is 3. The molecule has 1 fully saturated rings. The third kappa shape index (κ3) is 7.62. The first-order valence-corrected chi connectivity index (χ1v) is 8.87. The molecule has 126 valence electrons. The van der Waals surface area contributed by atoms with Gasteiger partial charge in [-0.05, 0) is 45.6 Å². The Labute approximate surface area is 132 Å². The van der Waals surface area contributed by atoms with Crippen LogP contribution in [0.5, 0.6) is 0 Å². The minimum absolute atomic E-state index is 0.211. The number of rotatable bonds is 8. The van der Waals surface area contributed by atoms with Crippen LogP contribution >= 0.6 is 0 Å². The largest absolute Gasteiger partial charge is 0.383 e. The molecule has 0 amide bonds. The molecule has 3 heteroatoms. The fourth-order valence-corrected chi connectivity index (χ4v) is 3.37. The SMILES string of the molecule is CCN(CCOC)CC1(CNC(C)(C)C)CCCCCC1. The van der Waals surface area contributed by atoms with Gasteiger partial charge in [0, 0.05) is 32.3 Å². The number of nitrogens with one attached hydrogen (secondary N) is 1. The summed E-state index contributed by atoms with van der Waals surface area (Å²) in [5.41, 5.74) is 0.663. The first-order valence-electron chi connectivity index (χ1n) is 8.87. The lowest BCUT2D eigenvalue weighted by molar-refractivity contribution is 0.0927. The molecule has 1 saturated carbocycles.